The first kappa shape index (κ1) is 47.0. The van der Waals surface area contributed by atoms with E-state index in [4.69, 9.17) is 16.2 Å². The maximum atomic E-state index is 13.0. The van der Waals surface area contributed by atoms with Crippen LogP contribution in [0.4, 0.5) is 5.69 Å². The predicted molar refractivity (Wildman–Crippen MR) is 205 cm³/mol. The molecule has 0 aliphatic carbocycles. The second kappa shape index (κ2) is 29.4. The molecule has 3 atom stereocenters. The van der Waals surface area contributed by atoms with Gasteiger partial charge in [0, 0.05) is 31.5 Å². The van der Waals surface area contributed by atoms with E-state index in [1.165, 1.54) is 102 Å². The number of nitro benzene ring substituents is 1. The number of ether oxygens (including phenoxy) is 1. The Morgan fingerprint density at radius 2 is 1.34 bits per heavy atom. The Morgan fingerprint density at radius 3 is 1.89 bits per heavy atom. The third kappa shape index (κ3) is 24.0. The van der Waals surface area contributed by atoms with Gasteiger partial charge in [0.05, 0.1) is 11.0 Å². The van der Waals surface area contributed by atoms with Gasteiger partial charge in [0.15, 0.2) is 0 Å². The molecule has 0 radical (unpaired) electrons. The topological polar surface area (TPSA) is 226 Å². The number of non-ortho nitro benzene ring substituents is 1. The Morgan fingerprint density at radius 1 is 0.755 bits per heavy atom. The van der Waals surface area contributed by atoms with Crippen molar-refractivity contribution in [1.82, 2.24) is 16.0 Å². The smallest absolute Gasteiger partial charge is 0.328 e. The summed E-state index contributed by atoms with van der Waals surface area (Å²) in [5.41, 5.74) is 11.2. The molecule has 14 heteroatoms. The summed E-state index contributed by atoms with van der Waals surface area (Å²) in [5.74, 6) is -2.75. The number of rotatable bonds is 32. The molecule has 0 aliphatic rings. The molecule has 0 saturated heterocycles. The number of primary amides is 1. The Balaban J connectivity index is 2.42. The number of carbonyl (C=O) groups is 5. The van der Waals surface area contributed by atoms with Gasteiger partial charge in [-0.2, -0.15) is 0 Å². The Labute approximate surface area is 315 Å². The summed E-state index contributed by atoms with van der Waals surface area (Å²) in [6.45, 7) is 3.87. The highest BCUT2D eigenvalue weighted by molar-refractivity contribution is 5.89. The number of nitrogens with zero attached hydrogens (tertiary/aromatic N) is 1. The molecule has 0 aliphatic heterocycles. The second-order valence-corrected chi connectivity index (χ2v) is 14.0. The summed E-state index contributed by atoms with van der Waals surface area (Å²) in [7, 11) is 0. The van der Waals surface area contributed by atoms with Crippen molar-refractivity contribution in [3.63, 3.8) is 0 Å². The van der Waals surface area contributed by atoms with Crippen LogP contribution in [0.3, 0.4) is 0 Å². The molecular weight excluding hydrogens is 680 g/mol. The normalized spacial score (nSPS) is 12.7. The van der Waals surface area contributed by atoms with Crippen molar-refractivity contribution in [2.45, 2.75) is 173 Å². The lowest BCUT2D eigenvalue weighted by Crippen LogP contribution is -2.50. The fraction of sp³-hybridized carbons (Fsp3) is 0.718. The van der Waals surface area contributed by atoms with E-state index in [1.54, 1.807) is 6.07 Å². The molecule has 300 valence electrons. The van der Waals surface area contributed by atoms with Crippen molar-refractivity contribution in [1.29, 1.82) is 0 Å². The zero-order chi connectivity index (χ0) is 39.3. The molecule has 0 spiro atoms. The summed E-state index contributed by atoms with van der Waals surface area (Å²) in [6, 6.07) is 2.62. The Bertz CT molecular complexity index is 1240. The summed E-state index contributed by atoms with van der Waals surface area (Å²) in [6.07, 6.45) is 20.3. The lowest BCUT2D eigenvalue weighted by atomic mass is 10.0. The van der Waals surface area contributed by atoms with Gasteiger partial charge in [0.25, 0.3) is 5.69 Å². The van der Waals surface area contributed by atoms with Crippen LogP contribution >= 0.6 is 0 Å². The van der Waals surface area contributed by atoms with Crippen LogP contribution in [0.25, 0.3) is 0 Å². The van der Waals surface area contributed by atoms with Crippen LogP contribution in [0.1, 0.15) is 154 Å². The van der Waals surface area contributed by atoms with E-state index in [0.29, 0.717) is 31.4 Å². The van der Waals surface area contributed by atoms with Crippen molar-refractivity contribution >= 4 is 35.3 Å². The molecule has 0 bridgehead atoms. The zero-order valence-electron chi connectivity index (χ0n) is 32.2. The van der Waals surface area contributed by atoms with Gasteiger partial charge in [-0.25, -0.2) is 4.79 Å². The molecule has 1 aromatic rings. The van der Waals surface area contributed by atoms with Crippen molar-refractivity contribution in [3.8, 4) is 0 Å². The summed E-state index contributed by atoms with van der Waals surface area (Å²) in [5, 5.41) is 19.1. The van der Waals surface area contributed by atoms with Gasteiger partial charge >= 0.3 is 5.97 Å². The van der Waals surface area contributed by atoms with Crippen LogP contribution in [-0.2, 0) is 35.3 Å². The first-order valence-corrected chi connectivity index (χ1v) is 19.8. The van der Waals surface area contributed by atoms with Crippen molar-refractivity contribution in [2.75, 3.05) is 6.54 Å². The van der Waals surface area contributed by atoms with E-state index in [1.807, 2.05) is 0 Å². The van der Waals surface area contributed by atoms with Crippen LogP contribution < -0.4 is 27.4 Å². The maximum Gasteiger partial charge on any atom is 0.328 e. The molecule has 0 saturated carbocycles. The standard InChI is InChI=1S/C39H66N6O8/c1-3-4-5-6-7-8-9-10-11-12-13-14-15-16-17-24-35(46)42-27-19-18-23-34(39(50)53-29-31-21-20-22-32(28-31)45(51)52)43-36(47)26-25-33(37(41)48)44-38(49)30(2)40/h20-22,28,30,33-34H,3-19,23-27,29,40H2,1-2H3,(H2,41,48)(H,42,46)(H,43,47)(H,44,49)/t30-,33+,34-/m0/s1. The van der Waals surface area contributed by atoms with Crippen LogP contribution in [-0.4, -0.2) is 59.2 Å². The van der Waals surface area contributed by atoms with Gasteiger partial charge in [-0.1, -0.05) is 109 Å². The molecule has 0 heterocycles. The lowest BCUT2D eigenvalue weighted by Gasteiger charge is -2.20. The number of esters is 1. The van der Waals surface area contributed by atoms with E-state index in [9.17, 15) is 34.1 Å². The molecule has 0 aromatic heterocycles. The number of unbranched alkanes of at least 4 members (excludes halogenated alkanes) is 15. The number of hydrogen-bond acceptors (Lipinski definition) is 9. The van der Waals surface area contributed by atoms with E-state index in [0.717, 1.165) is 19.3 Å². The quantitative estimate of drug-likeness (QED) is 0.0261. The van der Waals surface area contributed by atoms with E-state index < -0.39 is 46.7 Å². The molecule has 1 rings (SSSR count). The molecule has 0 unspecified atom stereocenters. The SMILES string of the molecule is CCCCCCCCCCCCCCCCCC(=O)NCCCC[C@H](NC(=O)CC[C@@H](NC(=O)[C@H](C)N)C(N)=O)C(=O)OCc1cccc([N+](=O)[O-])c1. The maximum absolute atomic E-state index is 13.0. The highest BCUT2D eigenvalue weighted by Gasteiger charge is 2.25. The summed E-state index contributed by atoms with van der Waals surface area (Å²) < 4.78 is 5.39. The number of benzene rings is 1. The van der Waals surface area contributed by atoms with Crippen LogP contribution in [0.5, 0.6) is 0 Å². The van der Waals surface area contributed by atoms with Crippen LogP contribution in [0.2, 0.25) is 0 Å². The fourth-order valence-corrected chi connectivity index (χ4v) is 5.84. The third-order valence-electron chi connectivity index (χ3n) is 9.10. The van der Waals surface area contributed by atoms with Gasteiger partial charge in [0.2, 0.25) is 23.6 Å². The van der Waals surface area contributed by atoms with E-state index in [2.05, 4.69) is 22.9 Å². The molecule has 53 heavy (non-hydrogen) atoms. The molecule has 0 fully saturated rings. The molecule has 14 nitrogen and oxygen atoms in total. The second-order valence-electron chi connectivity index (χ2n) is 14.0. The van der Waals surface area contributed by atoms with Gasteiger partial charge in [0.1, 0.15) is 18.7 Å². The minimum Gasteiger partial charge on any atom is -0.459 e. The highest BCUT2D eigenvalue weighted by atomic mass is 16.6. The fourth-order valence-electron chi connectivity index (χ4n) is 5.84. The van der Waals surface area contributed by atoms with E-state index in [-0.39, 0.29) is 37.5 Å². The monoisotopic (exact) mass is 746 g/mol. The van der Waals surface area contributed by atoms with Crippen molar-refractivity contribution < 1.29 is 33.6 Å². The average molecular weight is 747 g/mol. The Kier molecular flexibility index (Phi) is 26.0. The first-order chi connectivity index (χ1) is 25.4. The third-order valence-corrected chi connectivity index (χ3v) is 9.10. The van der Waals surface area contributed by atoms with Crippen LogP contribution in [0, 0.1) is 10.1 Å². The van der Waals surface area contributed by atoms with E-state index >= 15 is 0 Å². The largest absolute Gasteiger partial charge is 0.459 e. The van der Waals surface area contributed by atoms with Gasteiger partial charge < -0.3 is 32.2 Å². The number of amides is 4. The summed E-state index contributed by atoms with van der Waals surface area (Å²) in [4.78, 5) is 72.5. The molecule has 4 amide bonds. The zero-order valence-corrected chi connectivity index (χ0v) is 32.2. The van der Waals surface area contributed by atoms with Crippen molar-refractivity contribution in [2.24, 2.45) is 11.5 Å². The number of hydrogen-bond donors (Lipinski definition) is 5. The number of nitrogens with two attached hydrogens (primary N) is 2. The number of nitro groups is 1. The molecule has 7 N–H and O–H groups in total. The minimum atomic E-state index is -1.13. The molecular formula is C39H66N6O8. The number of carbonyl (C=O) groups excluding carboxylic acids is 5. The first-order valence-electron chi connectivity index (χ1n) is 19.8. The summed E-state index contributed by atoms with van der Waals surface area (Å²) >= 11 is 0. The van der Waals surface area contributed by atoms with Gasteiger partial charge in [-0.05, 0) is 44.6 Å². The minimum absolute atomic E-state index is 0.0129. The highest BCUT2D eigenvalue weighted by Crippen LogP contribution is 2.16. The number of nitrogens with one attached hydrogen (secondary N) is 3. The van der Waals surface area contributed by atoms with Gasteiger partial charge in [-0.3, -0.25) is 29.3 Å². The van der Waals surface area contributed by atoms with Crippen LogP contribution in [0.15, 0.2) is 24.3 Å². The lowest BCUT2D eigenvalue weighted by molar-refractivity contribution is -0.385. The van der Waals surface area contributed by atoms with Crippen molar-refractivity contribution in [3.05, 3.63) is 39.9 Å². The van der Waals surface area contributed by atoms with Gasteiger partial charge in [-0.15, -0.1) is 0 Å². The predicted octanol–water partition coefficient (Wildman–Crippen LogP) is 5.77. The Hall–Kier alpha value is -4.07. The average Bonchev–Trinajstić information content (AvgIpc) is 3.13. The molecule has 1 aromatic carbocycles.